The molecular weight excluding hydrogens is 246 g/mol. The molecule has 1 heterocycles. The van der Waals surface area contributed by atoms with Crippen molar-refractivity contribution in [1.29, 1.82) is 0 Å². The summed E-state index contributed by atoms with van der Waals surface area (Å²) in [5.41, 5.74) is 3.02. The summed E-state index contributed by atoms with van der Waals surface area (Å²) >= 11 is 6.01. The van der Waals surface area contributed by atoms with Gasteiger partial charge in [-0.25, -0.2) is 4.98 Å². The minimum absolute atomic E-state index is 0.0456. The zero-order chi connectivity index (χ0) is 13.0. The Morgan fingerprint density at radius 1 is 1.17 bits per heavy atom. The second-order valence-electron chi connectivity index (χ2n) is 4.19. The summed E-state index contributed by atoms with van der Waals surface area (Å²) in [7, 11) is 0. The molecule has 1 aromatic heterocycles. The fraction of sp³-hybridized carbons (Fsp3) is 0.286. The van der Waals surface area contributed by atoms with Crippen molar-refractivity contribution in [2.45, 2.75) is 19.9 Å². The summed E-state index contributed by atoms with van der Waals surface area (Å²) in [4.78, 5) is 8.75. The van der Waals surface area contributed by atoms with Crippen molar-refractivity contribution in [2.75, 3.05) is 11.2 Å². The number of halogens is 1. The van der Waals surface area contributed by atoms with Crippen LogP contribution in [0.2, 0.25) is 0 Å². The SMILES string of the molecule is Cc1ncc(NC(CCl)c2ccccc2)nc1C. The van der Waals surface area contributed by atoms with Crippen LogP contribution in [0.5, 0.6) is 0 Å². The molecule has 0 aliphatic carbocycles. The van der Waals surface area contributed by atoms with Crippen molar-refractivity contribution < 1.29 is 0 Å². The molecule has 1 atom stereocenters. The van der Waals surface area contributed by atoms with E-state index < -0.39 is 0 Å². The van der Waals surface area contributed by atoms with E-state index in [2.05, 4.69) is 27.4 Å². The number of hydrogen-bond acceptors (Lipinski definition) is 3. The summed E-state index contributed by atoms with van der Waals surface area (Å²) in [5.74, 6) is 1.24. The molecule has 18 heavy (non-hydrogen) atoms. The van der Waals surface area contributed by atoms with E-state index in [1.807, 2.05) is 32.0 Å². The van der Waals surface area contributed by atoms with Gasteiger partial charge >= 0.3 is 0 Å². The molecule has 1 N–H and O–H groups in total. The van der Waals surface area contributed by atoms with Crippen molar-refractivity contribution in [3.63, 3.8) is 0 Å². The minimum Gasteiger partial charge on any atom is -0.361 e. The van der Waals surface area contributed by atoms with Gasteiger partial charge in [-0.15, -0.1) is 11.6 Å². The Bertz CT molecular complexity index is 514. The van der Waals surface area contributed by atoms with Crippen LogP contribution in [-0.2, 0) is 0 Å². The second-order valence-corrected chi connectivity index (χ2v) is 4.50. The van der Waals surface area contributed by atoms with Gasteiger partial charge < -0.3 is 5.32 Å². The van der Waals surface area contributed by atoms with Gasteiger partial charge in [0.2, 0.25) is 0 Å². The predicted octanol–water partition coefficient (Wildman–Crippen LogP) is 3.49. The van der Waals surface area contributed by atoms with Crippen molar-refractivity contribution in [3.8, 4) is 0 Å². The van der Waals surface area contributed by atoms with Gasteiger partial charge in [0.25, 0.3) is 0 Å². The topological polar surface area (TPSA) is 37.8 Å². The average Bonchev–Trinajstić information content (AvgIpc) is 2.41. The van der Waals surface area contributed by atoms with Crippen molar-refractivity contribution in [3.05, 3.63) is 53.5 Å². The fourth-order valence-corrected chi connectivity index (χ4v) is 1.94. The summed E-state index contributed by atoms with van der Waals surface area (Å²) in [6.07, 6.45) is 1.74. The number of alkyl halides is 1. The molecule has 2 aromatic rings. The molecule has 0 fully saturated rings. The Hall–Kier alpha value is -1.61. The van der Waals surface area contributed by atoms with Crippen molar-refractivity contribution >= 4 is 17.4 Å². The molecule has 4 heteroatoms. The molecular formula is C14H16ClN3. The average molecular weight is 262 g/mol. The van der Waals surface area contributed by atoms with Gasteiger partial charge in [-0.1, -0.05) is 30.3 Å². The highest BCUT2D eigenvalue weighted by Crippen LogP contribution is 2.19. The molecule has 1 aromatic carbocycles. The summed E-state index contributed by atoms with van der Waals surface area (Å²) in [5, 5.41) is 3.31. The van der Waals surface area contributed by atoms with E-state index in [0.717, 1.165) is 22.8 Å². The number of benzene rings is 1. The Labute approximate surface area is 112 Å². The van der Waals surface area contributed by atoms with E-state index in [1.165, 1.54) is 0 Å². The Kier molecular flexibility index (Phi) is 4.15. The van der Waals surface area contributed by atoms with E-state index in [9.17, 15) is 0 Å². The molecule has 0 bridgehead atoms. The molecule has 3 nitrogen and oxygen atoms in total. The van der Waals surface area contributed by atoms with Gasteiger partial charge in [0.1, 0.15) is 5.82 Å². The molecule has 0 radical (unpaired) electrons. The smallest absolute Gasteiger partial charge is 0.145 e. The van der Waals surface area contributed by atoms with Crippen LogP contribution in [0.1, 0.15) is 23.0 Å². The van der Waals surface area contributed by atoms with Crippen LogP contribution in [0.15, 0.2) is 36.5 Å². The lowest BCUT2D eigenvalue weighted by Gasteiger charge is -2.17. The number of aromatic nitrogens is 2. The lowest BCUT2D eigenvalue weighted by atomic mass is 10.1. The first kappa shape index (κ1) is 12.8. The lowest BCUT2D eigenvalue weighted by Crippen LogP contribution is -2.14. The number of anilines is 1. The van der Waals surface area contributed by atoms with Crippen LogP contribution in [-0.4, -0.2) is 15.8 Å². The first-order valence-electron chi connectivity index (χ1n) is 5.88. The normalized spacial score (nSPS) is 12.2. The first-order chi connectivity index (χ1) is 8.70. The van der Waals surface area contributed by atoms with Gasteiger partial charge in [-0.2, -0.15) is 0 Å². The van der Waals surface area contributed by atoms with Crippen molar-refractivity contribution in [1.82, 2.24) is 9.97 Å². The predicted molar refractivity (Wildman–Crippen MR) is 75.0 cm³/mol. The lowest BCUT2D eigenvalue weighted by molar-refractivity contribution is 0.872. The van der Waals surface area contributed by atoms with E-state index in [-0.39, 0.29) is 6.04 Å². The highest BCUT2D eigenvalue weighted by Gasteiger charge is 2.10. The largest absolute Gasteiger partial charge is 0.361 e. The molecule has 94 valence electrons. The number of hydrogen-bond donors (Lipinski definition) is 1. The molecule has 0 spiro atoms. The Morgan fingerprint density at radius 3 is 2.50 bits per heavy atom. The number of rotatable bonds is 4. The van der Waals surface area contributed by atoms with Gasteiger partial charge in [-0.3, -0.25) is 4.98 Å². The maximum atomic E-state index is 6.01. The standard InChI is InChI=1S/C14H16ClN3/c1-10-11(2)17-14(9-16-10)18-13(8-15)12-6-4-3-5-7-12/h3-7,9,13H,8H2,1-2H3,(H,17,18). The summed E-state index contributed by atoms with van der Waals surface area (Å²) in [6, 6.07) is 10.1. The zero-order valence-electron chi connectivity index (χ0n) is 10.5. The molecule has 1 unspecified atom stereocenters. The highest BCUT2D eigenvalue weighted by atomic mass is 35.5. The van der Waals surface area contributed by atoms with Crippen molar-refractivity contribution in [2.24, 2.45) is 0 Å². The molecule has 0 aliphatic heterocycles. The third kappa shape index (κ3) is 2.99. The zero-order valence-corrected chi connectivity index (χ0v) is 11.3. The van der Waals surface area contributed by atoms with E-state index in [1.54, 1.807) is 6.20 Å². The fourth-order valence-electron chi connectivity index (χ4n) is 1.69. The van der Waals surface area contributed by atoms with E-state index in [4.69, 9.17) is 11.6 Å². The van der Waals surface area contributed by atoms with Crippen LogP contribution >= 0.6 is 11.6 Å². The molecule has 2 rings (SSSR count). The molecule has 0 saturated carbocycles. The van der Waals surface area contributed by atoms with Crippen LogP contribution in [0.25, 0.3) is 0 Å². The van der Waals surface area contributed by atoms with Crippen LogP contribution in [0.4, 0.5) is 5.82 Å². The second kappa shape index (κ2) is 5.83. The maximum Gasteiger partial charge on any atom is 0.145 e. The van der Waals surface area contributed by atoms with E-state index in [0.29, 0.717) is 5.88 Å². The Balaban J connectivity index is 2.18. The minimum atomic E-state index is 0.0456. The summed E-state index contributed by atoms with van der Waals surface area (Å²) in [6.45, 7) is 3.90. The monoisotopic (exact) mass is 261 g/mol. The van der Waals surface area contributed by atoms with Crippen LogP contribution < -0.4 is 5.32 Å². The molecule has 0 saturated heterocycles. The summed E-state index contributed by atoms with van der Waals surface area (Å²) < 4.78 is 0. The third-order valence-corrected chi connectivity index (χ3v) is 3.18. The quantitative estimate of drug-likeness (QED) is 0.857. The van der Waals surface area contributed by atoms with Gasteiger partial charge in [0.15, 0.2) is 0 Å². The molecule has 0 aliphatic rings. The van der Waals surface area contributed by atoms with Gasteiger partial charge in [0.05, 0.1) is 23.6 Å². The maximum absolute atomic E-state index is 6.01. The first-order valence-corrected chi connectivity index (χ1v) is 6.42. The number of aryl methyl sites for hydroxylation is 2. The molecule has 0 amide bonds. The van der Waals surface area contributed by atoms with E-state index >= 15 is 0 Å². The Morgan fingerprint density at radius 2 is 1.89 bits per heavy atom. The highest BCUT2D eigenvalue weighted by molar-refractivity contribution is 6.18. The number of nitrogens with zero attached hydrogens (tertiary/aromatic N) is 2. The van der Waals surface area contributed by atoms with Gasteiger partial charge in [0, 0.05) is 5.88 Å². The van der Waals surface area contributed by atoms with Crippen LogP contribution in [0, 0.1) is 13.8 Å². The van der Waals surface area contributed by atoms with Crippen LogP contribution in [0.3, 0.4) is 0 Å². The third-order valence-electron chi connectivity index (χ3n) is 2.87. The number of nitrogens with one attached hydrogen (secondary N) is 1. The van der Waals surface area contributed by atoms with Gasteiger partial charge in [-0.05, 0) is 19.4 Å².